The molecule has 17 heavy (non-hydrogen) atoms. The van der Waals surface area contributed by atoms with Crippen LogP contribution >= 0.6 is 15.9 Å². The average molecular weight is 291 g/mol. The summed E-state index contributed by atoms with van der Waals surface area (Å²) in [7, 11) is 0. The summed E-state index contributed by atoms with van der Waals surface area (Å²) >= 11 is 3.37. The molecule has 2 rings (SSSR count). The van der Waals surface area contributed by atoms with Crippen LogP contribution < -0.4 is 0 Å². The minimum absolute atomic E-state index is 0.676. The second-order valence-electron chi connectivity index (χ2n) is 3.22. The number of carbonyl (C=O) groups excluding carboxylic acids is 1. The molecule has 0 unspecified atom stereocenters. The van der Waals surface area contributed by atoms with Gasteiger partial charge in [-0.25, -0.2) is 0 Å². The Kier molecular flexibility index (Phi) is 5.64. The Bertz CT molecular complexity index is 478. The molecule has 0 saturated heterocycles. The molecule has 0 aromatic heterocycles. The molecule has 0 saturated carbocycles. The number of hydrogen-bond acceptors (Lipinski definition) is 1. The van der Waals surface area contributed by atoms with Crippen LogP contribution in [-0.2, 0) is 0 Å². The van der Waals surface area contributed by atoms with Gasteiger partial charge in [0.05, 0.1) is 0 Å². The number of aldehydes is 1. The molecule has 2 aromatic carbocycles. The Morgan fingerprint density at radius 3 is 2.12 bits per heavy atom. The molecular formula is C15H15BrO. The highest BCUT2D eigenvalue weighted by Crippen LogP contribution is 2.24. The van der Waals surface area contributed by atoms with Crippen molar-refractivity contribution in [3.8, 4) is 11.1 Å². The van der Waals surface area contributed by atoms with E-state index in [2.05, 4.69) is 15.9 Å². The quantitative estimate of drug-likeness (QED) is 0.715. The predicted octanol–water partition coefficient (Wildman–Crippen LogP) is 4.95. The van der Waals surface area contributed by atoms with E-state index in [0.29, 0.717) is 5.56 Å². The van der Waals surface area contributed by atoms with Gasteiger partial charge < -0.3 is 0 Å². The topological polar surface area (TPSA) is 17.1 Å². The molecule has 0 spiro atoms. The minimum Gasteiger partial charge on any atom is -0.298 e. The lowest BCUT2D eigenvalue weighted by molar-refractivity contribution is 0.112. The molecule has 0 atom stereocenters. The molecular weight excluding hydrogens is 276 g/mol. The lowest BCUT2D eigenvalue weighted by Gasteiger charge is -2.03. The first-order valence-corrected chi connectivity index (χ1v) is 6.41. The first kappa shape index (κ1) is 13.7. The molecule has 0 aliphatic carbocycles. The monoisotopic (exact) mass is 290 g/mol. The van der Waals surface area contributed by atoms with Gasteiger partial charge in [-0.05, 0) is 23.3 Å². The Balaban J connectivity index is 0.000000686. The lowest BCUT2D eigenvalue weighted by atomic mass is 10.0. The van der Waals surface area contributed by atoms with Gasteiger partial charge in [0, 0.05) is 10.0 Å². The molecule has 0 aliphatic heterocycles. The van der Waals surface area contributed by atoms with E-state index in [1.807, 2.05) is 62.4 Å². The summed E-state index contributed by atoms with van der Waals surface area (Å²) in [5, 5.41) is 0. The number of rotatable bonds is 2. The van der Waals surface area contributed by atoms with Crippen molar-refractivity contribution in [3.63, 3.8) is 0 Å². The molecule has 88 valence electrons. The molecule has 1 nitrogen and oxygen atoms in total. The van der Waals surface area contributed by atoms with Gasteiger partial charge in [0.25, 0.3) is 0 Å². The van der Waals surface area contributed by atoms with Gasteiger partial charge >= 0.3 is 0 Å². The zero-order chi connectivity index (χ0) is 12.7. The second-order valence-corrected chi connectivity index (χ2v) is 4.07. The summed E-state index contributed by atoms with van der Waals surface area (Å²) in [4.78, 5) is 10.6. The number of carbonyl (C=O) groups is 1. The van der Waals surface area contributed by atoms with Gasteiger partial charge in [-0.2, -0.15) is 0 Å². The highest BCUT2D eigenvalue weighted by atomic mass is 79.9. The van der Waals surface area contributed by atoms with Crippen molar-refractivity contribution in [1.82, 2.24) is 0 Å². The largest absolute Gasteiger partial charge is 0.298 e. The van der Waals surface area contributed by atoms with Gasteiger partial charge in [0.2, 0.25) is 0 Å². The Morgan fingerprint density at radius 2 is 1.59 bits per heavy atom. The van der Waals surface area contributed by atoms with Crippen LogP contribution in [0.5, 0.6) is 0 Å². The normalized spacial score (nSPS) is 9.12. The van der Waals surface area contributed by atoms with E-state index in [4.69, 9.17) is 0 Å². The van der Waals surface area contributed by atoms with Crippen LogP contribution in [0.25, 0.3) is 11.1 Å². The maximum atomic E-state index is 10.6. The predicted molar refractivity (Wildman–Crippen MR) is 76.3 cm³/mol. The first-order chi connectivity index (χ1) is 8.31. The van der Waals surface area contributed by atoms with Crippen LogP contribution in [0.4, 0.5) is 0 Å². The maximum Gasteiger partial charge on any atom is 0.151 e. The molecule has 0 radical (unpaired) electrons. The van der Waals surface area contributed by atoms with Crippen molar-refractivity contribution in [2.75, 3.05) is 0 Å². The Morgan fingerprint density at radius 1 is 0.941 bits per heavy atom. The summed E-state index contributed by atoms with van der Waals surface area (Å²) in [5.41, 5.74) is 2.93. The van der Waals surface area contributed by atoms with Crippen LogP contribution in [0.15, 0.2) is 53.0 Å². The summed E-state index contributed by atoms with van der Waals surface area (Å²) < 4.78 is 0.832. The van der Waals surface area contributed by atoms with E-state index in [0.717, 1.165) is 21.9 Å². The van der Waals surface area contributed by atoms with Crippen molar-refractivity contribution in [2.45, 2.75) is 13.8 Å². The molecule has 0 amide bonds. The molecule has 2 aromatic rings. The fourth-order valence-corrected chi connectivity index (χ4v) is 1.91. The fraction of sp³-hybridized carbons (Fsp3) is 0.133. The second kappa shape index (κ2) is 7.02. The molecule has 0 N–H and O–H groups in total. The number of benzene rings is 2. The zero-order valence-electron chi connectivity index (χ0n) is 9.98. The molecule has 0 aliphatic rings. The highest BCUT2D eigenvalue weighted by molar-refractivity contribution is 9.10. The van der Waals surface area contributed by atoms with Gasteiger partial charge in [-0.15, -0.1) is 0 Å². The highest BCUT2D eigenvalue weighted by Gasteiger charge is 2.01. The van der Waals surface area contributed by atoms with Crippen LogP contribution in [0.3, 0.4) is 0 Å². The van der Waals surface area contributed by atoms with E-state index in [1.165, 1.54) is 0 Å². The van der Waals surface area contributed by atoms with Crippen molar-refractivity contribution in [2.24, 2.45) is 0 Å². The van der Waals surface area contributed by atoms with Crippen molar-refractivity contribution in [1.29, 1.82) is 0 Å². The molecule has 0 heterocycles. The van der Waals surface area contributed by atoms with Crippen LogP contribution in [0.2, 0.25) is 0 Å². The van der Waals surface area contributed by atoms with E-state index in [9.17, 15) is 4.79 Å². The first-order valence-electron chi connectivity index (χ1n) is 5.61. The van der Waals surface area contributed by atoms with Crippen molar-refractivity contribution in [3.05, 3.63) is 58.6 Å². The summed E-state index contributed by atoms with van der Waals surface area (Å²) in [5.74, 6) is 0. The summed E-state index contributed by atoms with van der Waals surface area (Å²) in [6.07, 6.45) is 0.846. The third-order valence-electron chi connectivity index (χ3n) is 2.23. The number of hydrogen-bond donors (Lipinski definition) is 0. The smallest absolute Gasteiger partial charge is 0.151 e. The molecule has 0 bridgehead atoms. The maximum absolute atomic E-state index is 10.6. The summed E-state index contributed by atoms with van der Waals surface area (Å²) in [6.45, 7) is 4.00. The van der Waals surface area contributed by atoms with E-state index >= 15 is 0 Å². The Labute approximate surface area is 111 Å². The standard InChI is InChI=1S/C13H9BrO.C2H6/c14-13-8-11(6-7-12(13)9-15)10-4-2-1-3-5-10;1-2/h1-9H;1-2H3. The van der Waals surface area contributed by atoms with E-state index < -0.39 is 0 Å². The Hall–Kier alpha value is -1.41. The lowest BCUT2D eigenvalue weighted by Crippen LogP contribution is -1.83. The SMILES string of the molecule is CC.O=Cc1ccc(-c2ccccc2)cc1Br. The molecule has 2 heteroatoms. The average Bonchev–Trinajstić information content (AvgIpc) is 2.42. The van der Waals surface area contributed by atoms with Gasteiger partial charge in [-0.1, -0.05) is 66.2 Å². The third-order valence-corrected chi connectivity index (χ3v) is 2.92. The molecule has 0 fully saturated rings. The van der Waals surface area contributed by atoms with Gasteiger partial charge in [0.15, 0.2) is 6.29 Å². The summed E-state index contributed by atoms with van der Waals surface area (Å²) in [6, 6.07) is 15.8. The minimum atomic E-state index is 0.676. The van der Waals surface area contributed by atoms with Gasteiger partial charge in [0.1, 0.15) is 0 Å². The third kappa shape index (κ3) is 3.53. The fourth-order valence-electron chi connectivity index (χ4n) is 1.43. The van der Waals surface area contributed by atoms with E-state index in [-0.39, 0.29) is 0 Å². The van der Waals surface area contributed by atoms with Gasteiger partial charge in [-0.3, -0.25) is 4.79 Å². The van der Waals surface area contributed by atoms with Crippen LogP contribution in [-0.4, -0.2) is 6.29 Å². The number of halogens is 1. The van der Waals surface area contributed by atoms with Crippen LogP contribution in [0, 0.1) is 0 Å². The zero-order valence-corrected chi connectivity index (χ0v) is 11.6. The van der Waals surface area contributed by atoms with Crippen molar-refractivity contribution < 1.29 is 4.79 Å². The van der Waals surface area contributed by atoms with Crippen molar-refractivity contribution >= 4 is 22.2 Å². The van der Waals surface area contributed by atoms with E-state index in [1.54, 1.807) is 0 Å². The van der Waals surface area contributed by atoms with Crippen LogP contribution in [0.1, 0.15) is 24.2 Å².